The van der Waals surface area contributed by atoms with E-state index in [1.807, 2.05) is 62.4 Å². The zero-order valence-electron chi connectivity index (χ0n) is 14.6. The van der Waals surface area contributed by atoms with Crippen molar-refractivity contribution < 1.29 is 5.11 Å². The molecule has 25 heavy (non-hydrogen) atoms. The number of rotatable bonds is 5. The largest absolute Gasteiger partial charge is 0.396 e. The molecule has 0 radical (unpaired) electrons. The van der Waals surface area contributed by atoms with Crippen molar-refractivity contribution in [3.05, 3.63) is 87.3 Å². The summed E-state index contributed by atoms with van der Waals surface area (Å²) >= 11 is 0. The highest BCUT2D eigenvalue weighted by atomic mass is 16.3. The van der Waals surface area contributed by atoms with Crippen LogP contribution in [0, 0.1) is 13.8 Å². The van der Waals surface area contributed by atoms with Crippen LogP contribution in [-0.2, 0) is 13.0 Å². The molecule has 1 N–H and O–H groups in total. The van der Waals surface area contributed by atoms with Crippen LogP contribution in [0.2, 0.25) is 0 Å². The van der Waals surface area contributed by atoms with E-state index >= 15 is 0 Å². The lowest BCUT2D eigenvalue weighted by molar-refractivity contribution is 0.298. The molecule has 1 aromatic heterocycles. The average molecular weight is 334 g/mol. The Balaban J connectivity index is 2.19. The lowest BCUT2D eigenvalue weighted by Crippen LogP contribution is -2.29. The second-order valence-electron chi connectivity index (χ2n) is 6.22. The van der Waals surface area contributed by atoms with Gasteiger partial charge >= 0.3 is 0 Å². The lowest BCUT2D eigenvalue weighted by Gasteiger charge is -2.16. The third kappa shape index (κ3) is 3.69. The van der Waals surface area contributed by atoms with Gasteiger partial charge < -0.3 is 5.11 Å². The molecule has 0 atom stereocenters. The Morgan fingerprint density at radius 3 is 2.48 bits per heavy atom. The van der Waals surface area contributed by atoms with Crippen LogP contribution < -0.4 is 5.56 Å². The van der Waals surface area contributed by atoms with Crippen LogP contribution >= 0.6 is 0 Å². The van der Waals surface area contributed by atoms with Crippen molar-refractivity contribution in [2.75, 3.05) is 6.61 Å². The fraction of sp³-hybridized carbons (Fsp3) is 0.238. The SMILES string of the molecule is Cc1cccc(Cn2c(-c3ccccc3)nc(C)c(CCO)c2=O)c1. The Morgan fingerprint density at radius 1 is 1.04 bits per heavy atom. The molecule has 2 aromatic carbocycles. The third-order valence-corrected chi connectivity index (χ3v) is 4.29. The van der Waals surface area contributed by atoms with Gasteiger partial charge in [0.1, 0.15) is 5.82 Å². The predicted octanol–water partition coefficient (Wildman–Crippen LogP) is 3.11. The fourth-order valence-electron chi connectivity index (χ4n) is 3.05. The van der Waals surface area contributed by atoms with Gasteiger partial charge in [-0.1, -0.05) is 60.2 Å². The molecule has 3 rings (SSSR count). The van der Waals surface area contributed by atoms with Crippen LogP contribution in [0.15, 0.2) is 59.4 Å². The van der Waals surface area contributed by atoms with Crippen LogP contribution in [0.1, 0.15) is 22.4 Å². The van der Waals surface area contributed by atoms with Gasteiger partial charge in [0.15, 0.2) is 0 Å². The minimum absolute atomic E-state index is 0.0626. The van der Waals surface area contributed by atoms with Gasteiger partial charge in [0.25, 0.3) is 5.56 Å². The van der Waals surface area contributed by atoms with Gasteiger partial charge in [-0.25, -0.2) is 4.98 Å². The summed E-state index contributed by atoms with van der Waals surface area (Å²) in [7, 11) is 0. The lowest BCUT2D eigenvalue weighted by atomic mass is 10.1. The zero-order valence-corrected chi connectivity index (χ0v) is 14.6. The Kier molecular flexibility index (Phi) is 5.10. The maximum Gasteiger partial charge on any atom is 0.257 e. The molecule has 0 saturated carbocycles. The minimum atomic E-state index is -0.0816. The number of hydrogen-bond donors (Lipinski definition) is 1. The first-order chi connectivity index (χ1) is 12.1. The molecule has 0 aliphatic carbocycles. The number of aryl methyl sites for hydroxylation is 2. The predicted molar refractivity (Wildman–Crippen MR) is 99.7 cm³/mol. The van der Waals surface area contributed by atoms with Crippen LogP contribution in [-0.4, -0.2) is 21.3 Å². The molecule has 1 heterocycles. The van der Waals surface area contributed by atoms with Crippen molar-refractivity contribution >= 4 is 0 Å². The summed E-state index contributed by atoms with van der Waals surface area (Å²) in [5, 5.41) is 9.30. The van der Waals surface area contributed by atoms with Gasteiger partial charge in [-0.05, 0) is 19.4 Å². The molecule has 0 aliphatic rings. The molecule has 0 saturated heterocycles. The van der Waals surface area contributed by atoms with Gasteiger partial charge in [0, 0.05) is 29.8 Å². The first kappa shape index (κ1) is 17.1. The Bertz CT molecular complexity index is 930. The van der Waals surface area contributed by atoms with Gasteiger partial charge in [-0.2, -0.15) is 0 Å². The highest BCUT2D eigenvalue weighted by molar-refractivity contribution is 5.56. The smallest absolute Gasteiger partial charge is 0.257 e. The molecule has 0 amide bonds. The maximum atomic E-state index is 13.1. The molecule has 0 bridgehead atoms. The van der Waals surface area contributed by atoms with Crippen molar-refractivity contribution in [1.82, 2.24) is 9.55 Å². The van der Waals surface area contributed by atoms with Crippen LogP contribution in [0.4, 0.5) is 0 Å². The monoisotopic (exact) mass is 334 g/mol. The zero-order chi connectivity index (χ0) is 17.8. The third-order valence-electron chi connectivity index (χ3n) is 4.29. The summed E-state index contributed by atoms with van der Waals surface area (Å²) in [4.78, 5) is 17.8. The van der Waals surface area contributed by atoms with E-state index < -0.39 is 0 Å². The van der Waals surface area contributed by atoms with E-state index in [-0.39, 0.29) is 12.2 Å². The summed E-state index contributed by atoms with van der Waals surface area (Å²) < 4.78 is 1.71. The van der Waals surface area contributed by atoms with Gasteiger partial charge in [0.2, 0.25) is 0 Å². The molecule has 0 unspecified atom stereocenters. The van der Waals surface area contributed by atoms with Crippen molar-refractivity contribution in [2.45, 2.75) is 26.8 Å². The van der Waals surface area contributed by atoms with Gasteiger partial charge in [0.05, 0.1) is 6.54 Å². The van der Waals surface area contributed by atoms with Crippen LogP contribution in [0.25, 0.3) is 11.4 Å². The highest BCUT2D eigenvalue weighted by Gasteiger charge is 2.15. The number of aromatic nitrogens is 2. The first-order valence-electron chi connectivity index (χ1n) is 8.42. The fourth-order valence-corrected chi connectivity index (χ4v) is 3.05. The number of aliphatic hydroxyl groups is 1. The van der Waals surface area contributed by atoms with E-state index in [1.165, 1.54) is 0 Å². The number of benzene rings is 2. The van der Waals surface area contributed by atoms with E-state index in [1.54, 1.807) is 4.57 Å². The van der Waals surface area contributed by atoms with E-state index in [4.69, 9.17) is 4.98 Å². The van der Waals surface area contributed by atoms with Crippen LogP contribution in [0.5, 0.6) is 0 Å². The summed E-state index contributed by atoms with van der Waals surface area (Å²) in [6, 6.07) is 17.9. The molecule has 0 spiro atoms. The molecule has 128 valence electrons. The summed E-state index contributed by atoms with van der Waals surface area (Å²) in [5.41, 5.74) is 4.29. The second kappa shape index (κ2) is 7.45. The van der Waals surface area contributed by atoms with Crippen LogP contribution in [0.3, 0.4) is 0 Å². The standard InChI is InChI=1S/C21H22N2O2/c1-15-7-6-8-17(13-15)14-23-20(18-9-4-3-5-10-18)22-16(2)19(11-12-24)21(23)25/h3-10,13,24H,11-12,14H2,1-2H3. The molecular formula is C21H22N2O2. The maximum absolute atomic E-state index is 13.1. The molecule has 4 heteroatoms. The first-order valence-corrected chi connectivity index (χ1v) is 8.42. The molecule has 4 nitrogen and oxygen atoms in total. The minimum Gasteiger partial charge on any atom is -0.396 e. The molecule has 0 aliphatic heterocycles. The second-order valence-corrected chi connectivity index (χ2v) is 6.22. The number of nitrogens with zero attached hydrogens (tertiary/aromatic N) is 2. The van der Waals surface area contributed by atoms with Gasteiger partial charge in [-0.15, -0.1) is 0 Å². The normalized spacial score (nSPS) is 10.8. The van der Waals surface area contributed by atoms with Gasteiger partial charge in [-0.3, -0.25) is 9.36 Å². The van der Waals surface area contributed by atoms with E-state index in [2.05, 4.69) is 6.07 Å². The topological polar surface area (TPSA) is 55.1 Å². The number of hydrogen-bond acceptors (Lipinski definition) is 3. The van der Waals surface area contributed by atoms with Crippen molar-refractivity contribution in [3.8, 4) is 11.4 Å². The summed E-state index contributed by atoms with van der Waals surface area (Å²) in [6.07, 6.45) is 0.320. The highest BCUT2D eigenvalue weighted by Crippen LogP contribution is 2.18. The molecular weight excluding hydrogens is 312 g/mol. The van der Waals surface area contributed by atoms with E-state index in [0.29, 0.717) is 30.0 Å². The molecule has 0 fully saturated rings. The Labute approximate surface area is 147 Å². The van der Waals surface area contributed by atoms with Crippen molar-refractivity contribution in [1.29, 1.82) is 0 Å². The average Bonchev–Trinajstić information content (AvgIpc) is 2.61. The van der Waals surface area contributed by atoms with E-state index in [0.717, 1.165) is 16.7 Å². The van der Waals surface area contributed by atoms with Crippen molar-refractivity contribution in [3.63, 3.8) is 0 Å². The van der Waals surface area contributed by atoms with Crippen molar-refractivity contribution in [2.24, 2.45) is 0 Å². The van der Waals surface area contributed by atoms with E-state index in [9.17, 15) is 9.90 Å². The summed E-state index contributed by atoms with van der Waals surface area (Å²) in [6.45, 7) is 4.26. The Hall–Kier alpha value is -2.72. The number of aliphatic hydroxyl groups excluding tert-OH is 1. The molecule has 3 aromatic rings. The summed E-state index contributed by atoms with van der Waals surface area (Å²) in [5.74, 6) is 0.659. The Morgan fingerprint density at radius 2 is 1.80 bits per heavy atom. The quantitative estimate of drug-likeness (QED) is 0.780.